The molecule has 2 aliphatic carbocycles. The molecule has 2 amide bonds. The maximum atomic E-state index is 12.6. The molecule has 1 aliphatic heterocycles. The van der Waals surface area contributed by atoms with Crippen molar-refractivity contribution >= 4 is 11.8 Å². The Morgan fingerprint density at radius 3 is 2.56 bits per heavy atom. The van der Waals surface area contributed by atoms with Gasteiger partial charge in [-0.3, -0.25) is 14.5 Å². The van der Waals surface area contributed by atoms with Crippen LogP contribution < -0.4 is 0 Å². The van der Waals surface area contributed by atoms with Gasteiger partial charge in [0.05, 0.1) is 24.0 Å². The minimum Gasteiger partial charge on any atom is -0.396 e. The van der Waals surface area contributed by atoms with Gasteiger partial charge in [-0.15, -0.1) is 0 Å². The van der Waals surface area contributed by atoms with Gasteiger partial charge in [-0.05, 0) is 25.2 Å². The summed E-state index contributed by atoms with van der Waals surface area (Å²) in [6.07, 6.45) is 4.03. The number of carbonyl (C=O) groups is 2. The lowest BCUT2D eigenvalue weighted by Crippen LogP contribution is -2.63. The third kappa shape index (κ3) is 1.06. The summed E-state index contributed by atoms with van der Waals surface area (Å²) >= 11 is 0. The lowest BCUT2D eigenvalue weighted by atomic mass is 9.40. The van der Waals surface area contributed by atoms with Gasteiger partial charge < -0.3 is 10.2 Å². The molecule has 0 aromatic heterocycles. The number of imide groups is 1. The first-order valence-electron chi connectivity index (χ1n) is 6.72. The molecule has 0 unspecified atom stereocenters. The van der Waals surface area contributed by atoms with E-state index < -0.39 is 10.8 Å². The van der Waals surface area contributed by atoms with Crippen molar-refractivity contribution in [1.82, 2.24) is 4.90 Å². The molecule has 2 N–H and O–H groups in total. The van der Waals surface area contributed by atoms with E-state index in [-0.39, 0.29) is 37.5 Å². The van der Waals surface area contributed by atoms with Crippen LogP contribution in [0.1, 0.15) is 32.1 Å². The number of carbonyl (C=O) groups excluding carboxylic acids is 2. The van der Waals surface area contributed by atoms with Crippen LogP contribution in [-0.4, -0.2) is 46.7 Å². The summed E-state index contributed by atoms with van der Waals surface area (Å²) in [5.41, 5.74) is -1.20. The Labute approximate surface area is 106 Å². The molecule has 3 atom stereocenters. The Morgan fingerprint density at radius 2 is 1.89 bits per heavy atom. The van der Waals surface area contributed by atoms with Crippen LogP contribution >= 0.6 is 0 Å². The number of hydrogen-bond donors (Lipinski definition) is 2. The molecule has 1 heterocycles. The number of likely N-dealkylation sites (tertiary alicyclic amines) is 1. The predicted octanol–water partition coefficient (Wildman–Crippen LogP) is -0.0935. The standard InChI is InChI=1S/C13H19NO4/c15-6-5-14-10(17)12-3-1-2-4-13(12,11(14)18)9(7-12)8-16/h9,15-16H,1-8H2/t9-,12+,13-/m1/s1. The molecule has 2 saturated carbocycles. The first-order valence-corrected chi connectivity index (χ1v) is 6.72. The van der Waals surface area contributed by atoms with Gasteiger partial charge in [-0.25, -0.2) is 0 Å². The van der Waals surface area contributed by atoms with Crippen LogP contribution in [0.4, 0.5) is 0 Å². The third-order valence-corrected chi connectivity index (χ3v) is 5.40. The van der Waals surface area contributed by atoms with Gasteiger partial charge in [-0.1, -0.05) is 12.8 Å². The summed E-state index contributed by atoms with van der Waals surface area (Å²) in [6, 6.07) is 0. The van der Waals surface area contributed by atoms with E-state index in [0.29, 0.717) is 12.8 Å². The lowest BCUT2D eigenvalue weighted by Gasteiger charge is -2.59. The maximum Gasteiger partial charge on any atom is 0.236 e. The van der Waals surface area contributed by atoms with Crippen molar-refractivity contribution in [3.63, 3.8) is 0 Å². The molecule has 0 radical (unpaired) electrons. The smallest absolute Gasteiger partial charge is 0.236 e. The molecule has 0 bridgehead atoms. The SMILES string of the molecule is O=C1N(CCO)C(=O)[C@]23CCCC[C@]12C[C@@H]3CO. The number of hydrogen-bond acceptors (Lipinski definition) is 4. The molecule has 3 fully saturated rings. The lowest BCUT2D eigenvalue weighted by molar-refractivity contribution is -0.183. The minimum absolute atomic E-state index is 0.0201. The van der Waals surface area contributed by atoms with E-state index in [2.05, 4.69) is 0 Å². The number of nitrogens with zero attached hydrogens (tertiary/aromatic N) is 1. The topological polar surface area (TPSA) is 77.8 Å². The van der Waals surface area contributed by atoms with Crippen molar-refractivity contribution in [3.8, 4) is 0 Å². The van der Waals surface area contributed by atoms with E-state index in [1.165, 1.54) is 4.90 Å². The molecule has 5 heteroatoms. The van der Waals surface area contributed by atoms with Crippen LogP contribution in [0.3, 0.4) is 0 Å². The first kappa shape index (κ1) is 12.1. The zero-order chi connectivity index (χ0) is 13.0. The summed E-state index contributed by atoms with van der Waals surface area (Å²) < 4.78 is 0. The van der Waals surface area contributed by atoms with Crippen molar-refractivity contribution < 1.29 is 19.8 Å². The fourth-order valence-corrected chi connectivity index (χ4v) is 4.62. The van der Waals surface area contributed by atoms with Crippen LogP contribution in [0.25, 0.3) is 0 Å². The fraction of sp³-hybridized carbons (Fsp3) is 0.846. The van der Waals surface area contributed by atoms with Gasteiger partial charge in [0, 0.05) is 6.61 Å². The number of aliphatic hydroxyl groups is 2. The van der Waals surface area contributed by atoms with Crippen LogP contribution in [0.5, 0.6) is 0 Å². The molecule has 18 heavy (non-hydrogen) atoms. The van der Waals surface area contributed by atoms with Crippen molar-refractivity contribution in [2.45, 2.75) is 32.1 Å². The molecule has 0 aromatic rings. The van der Waals surface area contributed by atoms with Crippen LogP contribution in [-0.2, 0) is 9.59 Å². The van der Waals surface area contributed by atoms with E-state index in [0.717, 1.165) is 19.3 Å². The second-order valence-corrected chi connectivity index (χ2v) is 5.83. The monoisotopic (exact) mass is 253 g/mol. The van der Waals surface area contributed by atoms with Gasteiger partial charge in [0.25, 0.3) is 0 Å². The highest BCUT2D eigenvalue weighted by Crippen LogP contribution is 2.71. The summed E-state index contributed by atoms with van der Waals surface area (Å²) in [5, 5.41) is 18.5. The van der Waals surface area contributed by atoms with Crippen molar-refractivity contribution in [2.24, 2.45) is 16.7 Å². The fourth-order valence-electron chi connectivity index (χ4n) is 4.62. The third-order valence-electron chi connectivity index (χ3n) is 5.40. The zero-order valence-corrected chi connectivity index (χ0v) is 10.4. The second-order valence-electron chi connectivity index (χ2n) is 5.83. The molecule has 5 nitrogen and oxygen atoms in total. The van der Waals surface area contributed by atoms with Crippen LogP contribution in [0.15, 0.2) is 0 Å². The Hall–Kier alpha value is -0.940. The Bertz CT molecular complexity index is 410. The highest BCUT2D eigenvalue weighted by Gasteiger charge is 2.78. The summed E-state index contributed by atoms with van der Waals surface area (Å²) in [6.45, 7) is -0.111. The quantitative estimate of drug-likeness (QED) is 0.689. The normalized spacial score (nSPS) is 42.6. The van der Waals surface area contributed by atoms with Gasteiger partial charge in [0.15, 0.2) is 0 Å². The molecular weight excluding hydrogens is 234 g/mol. The van der Waals surface area contributed by atoms with Crippen molar-refractivity contribution in [2.75, 3.05) is 19.8 Å². The molecule has 3 aliphatic rings. The summed E-state index contributed by atoms with van der Waals surface area (Å²) in [5.74, 6) is -0.324. The van der Waals surface area contributed by atoms with Crippen molar-refractivity contribution in [1.29, 1.82) is 0 Å². The average Bonchev–Trinajstić information content (AvgIpc) is 2.50. The number of aliphatic hydroxyl groups excluding tert-OH is 2. The highest BCUT2D eigenvalue weighted by molar-refractivity contribution is 6.11. The van der Waals surface area contributed by atoms with Gasteiger partial charge in [-0.2, -0.15) is 0 Å². The second kappa shape index (κ2) is 3.78. The van der Waals surface area contributed by atoms with Gasteiger partial charge in [0.2, 0.25) is 11.8 Å². The van der Waals surface area contributed by atoms with E-state index in [1.54, 1.807) is 0 Å². The number of amides is 2. The summed E-state index contributed by atoms with van der Waals surface area (Å²) in [4.78, 5) is 26.3. The van der Waals surface area contributed by atoms with E-state index in [1.807, 2.05) is 0 Å². The largest absolute Gasteiger partial charge is 0.396 e. The van der Waals surface area contributed by atoms with Crippen molar-refractivity contribution in [3.05, 3.63) is 0 Å². The predicted molar refractivity (Wildman–Crippen MR) is 62.3 cm³/mol. The van der Waals surface area contributed by atoms with E-state index >= 15 is 0 Å². The molecule has 0 spiro atoms. The maximum absolute atomic E-state index is 12.6. The van der Waals surface area contributed by atoms with E-state index in [4.69, 9.17) is 5.11 Å². The number of β-amino-alcohol motifs (C(OH)–C–C–N with tert-alkyl or cyclic N) is 1. The Balaban J connectivity index is 2.04. The molecular formula is C13H19NO4. The molecule has 3 rings (SSSR count). The Morgan fingerprint density at radius 1 is 1.17 bits per heavy atom. The highest BCUT2D eigenvalue weighted by atomic mass is 16.3. The average molecular weight is 253 g/mol. The number of rotatable bonds is 3. The van der Waals surface area contributed by atoms with Crippen LogP contribution in [0.2, 0.25) is 0 Å². The first-order chi connectivity index (χ1) is 8.64. The minimum atomic E-state index is -0.647. The van der Waals surface area contributed by atoms with Crippen LogP contribution in [0, 0.1) is 16.7 Å². The van der Waals surface area contributed by atoms with E-state index in [9.17, 15) is 14.7 Å². The van der Waals surface area contributed by atoms with Gasteiger partial charge in [0.1, 0.15) is 0 Å². The zero-order valence-electron chi connectivity index (χ0n) is 10.4. The van der Waals surface area contributed by atoms with Gasteiger partial charge >= 0.3 is 0 Å². The molecule has 0 aromatic carbocycles. The molecule has 1 saturated heterocycles. The Kier molecular flexibility index (Phi) is 2.54. The molecule has 100 valence electrons. The summed E-state index contributed by atoms with van der Waals surface area (Å²) in [7, 11) is 0.